The van der Waals surface area contributed by atoms with Crippen LogP contribution < -0.4 is 22.5 Å². The number of aliphatic hydroxyl groups excluding tert-OH is 1. The first kappa shape index (κ1) is 22.7. The molecule has 2 aromatic heterocycles. The third-order valence-corrected chi connectivity index (χ3v) is 5.89. The maximum absolute atomic E-state index is 14.2. The maximum Gasteiger partial charge on any atom is 0.276 e. The summed E-state index contributed by atoms with van der Waals surface area (Å²) in [6, 6.07) is 6.92. The van der Waals surface area contributed by atoms with Gasteiger partial charge in [0.2, 0.25) is 0 Å². The van der Waals surface area contributed by atoms with Crippen molar-refractivity contribution in [2.24, 2.45) is 11.5 Å². The molecule has 2 heterocycles. The van der Waals surface area contributed by atoms with E-state index in [0.29, 0.717) is 18.5 Å². The smallest absolute Gasteiger partial charge is 0.276 e. The van der Waals surface area contributed by atoms with Gasteiger partial charge in [0, 0.05) is 18.3 Å². The van der Waals surface area contributed by atoms with E-state index < -0.39 is 35.7 Å². The molecule has 0 spiro atoms. The number of amides is 1. The summed E-state index contributed by atoms with van der Waals surface area (Å²) in [6.07, 6.45) is 3.22. The number of pyridine rings is 2. The van der Waals surface area contributed by atoms with Gasteiger partial charge >= 0.3 is 0 Å². The lowest BCUT2D eigenvalue weighted by Crippen LogP contribution is -2.52. The maximum atomic E-state index is 14.2. The number of anilines is 2. The van der Waals surface area contributed by atoms with Gasteiger partial charge in [-0.1, -0.05) is 6.07 Å². The van der Waals surface area contributed by atoms with Crippen LogP contribution in [0.2, 0.25) is 0 Å². The number of aromatic nitrogens is 2. The second-order valence-electron chi connectivity index (χ2n) is 8.13. The molecule has 0 aliphatic heterocycles. The second kappa shape index (κ2) is 9.18. The monoisotopic (exact) mass is 454 g/mol. The fourth-order valence-corrected chi connectivity index (χ4v) is 4.18. The van der Waals surface area contributed by atoms with Gasteiger partial charge in [-0.2, -0.15) is 0 Å². The topological polar surface area (TPSA) is 153 Å². The average molecular weight is 454 g/mol. The van der Waals surface area contributed by atoms with Crippen LogP contribution >= 0.6 is 0 Å². The number of nitrogens with zero attached hydrogens (tertiary/aromatic N) is 2. The zero-order valence-corrected chi connectivity index (χ0v) is 17.6. The lowest BCUT2D eigenvalue weighted by Gasteiger charge is -2.36. The van der Waals surface area contributed by atoms with Crippen LogP contribution in [0.25, 0.3) is 11.3 Å². The van der Waals surface area contributed by atoms with Crippen LogP contribution in [0.4, 0.5) is 20.2 Å². The zero-order valence-electron chi connectivity index (χ0n) is 17.6. The Kier molecular flexibility index (Phi) is 6.32. The van der Waals surface area contributed by atoms with Gasteiger partial charge < -0.3 is 27.6 Å². The summed E-state index contributed by atoms with van der Waals surface area (Å²) in [6.45, 7) is 0. The predicted octanol–water partition coefficient (Wildman–Crippen LogP) is 2.15. The number of hydrogen-bond acceptors (Lipinski definition) is 7. The fourth-order valence-electron chi connectivity index (χ4n) is 4.18. The number of halogens is 2. The van der Waals surface area contributed by atoms with Crippen LogP contribution in [0.5, 0.6) is 0 Å². The molecule has 172 valence electrons. The first-order valence-electron chi connectivity index (χ1n) is 10.4. The van der Waals surface area contributed by atoms with Crippen molar-refractivity contribution in [1.82, 2.24) is 9.97 Å². The number of nitrogens with two attached hydrogens (primary N) is 3. The Balaban J connectivity index is 1.64. The molecule has 8 N–H and O–H groups in total. The minimum Gasteiger partial charge on any atom is -0.397 e. The number of carbonyl (C=O) groups is 1. The Bertz CT molecular complexity index is 1160. The van der Waals surface area contributed by atoms with E-state index >= 15 is 0 Å². The summed E-state index contributed by atoms with van der Waals surface area (Å²) in [4.78, 5) is 21.2. The van der Waals surface area contributed by atoms with Gasteiger partial charge in [-0.3, -0.25) is 9.78 Å². The number of carbonyl (C=O) groups excluding carboxylic acids is 1. The van der Waals surface area contributed by atoms with Crippen LogP contribution in [0, 0.1) is 11.6 Å². The Labute approximate surface area is 188 Å². The summed E-state index contributed by atoms with van der Waals surface area (Å²) in [5, 5.41) is 12.8. The molecule has 8 nitrogen and oxygen atoms in total. The molecule has 33 heavy (non-hydrogen) atoms. The predicted molar refractivity (Wildman–Crippen MR) is 120 cm³/mol. The summed E-state index contributed by atoms with van der Waals surface area (Å²) in [5.74, 6) is -2.38. The van der Waals surface area contributed by atoms with E-state index in [4.69, 9.17) is 17.2 Å². The van der Waals surface area contributed by atoms with Crippen molar-refractivity contribution >= 4 is 17.3 Å². The quantitative estimate of drug-likeness (QED) is 0.405. The van der Waals surface area contributed by atoms with Gasteiger partial charge in [0.05, 0.1) is 34.9 Å². The van der Waals surface area contributed by atoms with Crippen LogP contribution in [0.15, 0.2) is 48.8 Å². The second-order valence-corrected chi connectivity index (χ2v) is 8.13. The molecule has 10 heteroatoms. The summed E-state index contributed by atoms with van der Waals surface area (Å²) < 4.78 is 28.4. The van der Waals surface area contributed by atoms with Crippen molar-refractivity contribution < 1.29 is 18.7 Å². The van der Waals surface area contributed by atoms with Crippen LogP contribution in [0.3, 0.4) is 0 Å². The lowest BCUT2D eigenvalue weighted by molar-refractivity contribution is 0.0800. The Morgan fingerprint density at radius 2 is 1.73 bits per heavy atom. The number of rotatable bonds is 4. The van der Waals surface area contributed by atoms with E-state index in [2.05, 4.69) is 15.3 Å². The van der Waals surface area contributed by atoms with E-state index in [0.717, 1.165) is 17.7 Å². The van der Waals surface area contributed by atoms with Gasteiger partial charge in [-0.05, 0) is 54.7 Å². The number of aliphatic hydroxyl groups is 1. The number of nitrogens with one attached hydrogen (secondary N) is 1. The lowest BCUT2D eigenvalue weighted by atomic mass is 9.77. The Morgan fingerprint density at radius 3 is 2.39 bits per heavy atom. The molecule has 0 saturated heterocycles. The highest BCUT2D eigenvalue weighted by Crippen LogP contribution is 2.36. The summed E-state index contributed by atoms with van der Waals surface area (Å²) in [5.41, 5.74) is 18.6. The summed E-state index contributed by atoms with van der Waals surface area (Å²) in [7, 11) is 0. The normalized spacial score (nSPS) is 22.7. The third kappa shape index (κ3) is 4.54. The minimum absolute atomic E-state index is 0.0447. The van der Waals surface area contributed by atoms with Crippen LogP contribution in [-0.2, 0) is 0 Å². The highest BCUT2D eigenvalue weighted by Gasteiger charge is 2.34. The van der Waals surface area contributed by atoms with E-state index in [1.807, 2.05) is 0 Å². The Morgan fingerprint density at radius 1 is 1.06 bits per heavy atom. The fraction of sp³-hybridized carbons (Fsp3) is 0.261. The highest BCUT2D eigenvalue weighted by molar-refractivity contribution is 6.06. The Hall–Kier alpha value is -3.47. The third-order valence-electron chi connectivity index (χ3n) is 5.89. The molecule has 3 aromatic rings. The standard InChI is InChI=1S/C23H24F2N6O2/c24-13-2-1-3-14(25)20(13)18-5-4-15(26)21(30-18)23(33)31-19-10-29-7-6-12(19)11-8-16(27)22(32)17(28)9-11/h1-7,10-11,16-17,22,32H,8-9,26-28H2,(H,31,33)/t11?,16-,17+,22?. The molecular formula is C23H24F2N6O2. The van der Waals surface area contributed by atoms with E-state index in [1.165, 1.54) is 24.4 Å². The molecule has 2 unspecified atom stereocenters. The van der Waals surface area contributed by atoms with Crippen molar-refractivity contribution in [2.75, 3.05) is 11.1 Å². The molecule has 1 fully saturated rings. The molecule has 0 bridgehead atoms. The van der Waals surface area contributed by atoms with E-state index in [-0.39, 0.29) is 28.6 Å². The average Bonchev–Trinajstić information content (AvgIpc) is 2.78. The van der Waals surface area contributed by atoms with E-state index in [9.17, 15) is 18.7 Å². The van der Waals surface area contributed by atoms with Crippen molar-refractivity contribution in [2.45, 2.75) is 36.9 Å². The van der Waals surface area contributed by atoms with Gasteiger partial charge in [0.15, 0.2) is 5.69 Å². The molecule has 1 saturated carbocycles. The molecule has 1 aliphatic rings. The first-order chi connectivity index (χ1) is 15.8. The molecule has 4 rings (SSSR count). The molecule has 1 aliphatic carbocycles. The van der Waals surface area contributed by atoms with Gasteiger partial charge in [-0.15, -0.1) is 0 Å². The molecular weight excluding hydrogens is 430 g/mol. The first-order valence-corrected chi connectivity index (χ1v) is 10.4. The number of benzene rings is 1. The SMILES string of the molecule is Nc1ccc(-c2c(F)cccc2F)nc1C(=O)Nc1cnccc1C1C[C@@H](N)C(O)[C@@H](N)C1. The number of hydrogen-bond donors (Lipinski definition) is 5. The molecule has 1 amide bonds. The van der Waals surface area contributed by atoms with Crippen molar-refractivity contribution in [3.8, 4) is 11.3 Å². The number of nitrogen functional groups attached to an aromatic ring is 1. The van der Waals surface area contributed by atoms with Gasteiger partial charge in [0.1, 0.15) is 11.6 Å². The summed E-state index contributed by atoms with van der Waals surface area (Å²) >= 11 is 0. The largest absolute Gasteiger partial charge is 0.397 e. The van der Waals surface area contributed by atoms with Gasteiger partial charge in [-0.25, -0.2) is 13.8 Å². The van der Waals surface area contributed by atoms with Crippen molar-refractivity contribution in [1.29, 1.82) is 0 Å². The van der Waals surface area contributed by atoms with E-state index in [1.54, 1.807) is 12.3 Å². The molecule has 0 radical (unpaired) electrons. The van der Waals surface area contributed by atoms with Gasteiger partial charge in [0.25, 0.3) is 5.91 Å². The van der Waals surface area contributed by atoms with Crippen molar-refractivity contribution in [3.05, 3.63) is 71.7 Å². The van der Waals surface area contributed by atoms with Crippen LogP contribution in [0.1, 0.15) is 34.8 Å². The van der Waals surface area contributed by atoms with Crippen molar-refractivity contribution in [3.63, 3.8) is 0 Å². The highest BCUT2D eigenvalue weighted by atomic mass is 19.1. The molecule has 4 atom stereocenters. The van der Waals surface area contributed by atoms with Crippen LogP contribution in [-0.4, -0.2) is 39.2 Å². The zero-order chi connectivity index (χ0) is 23.7. The molecule has 1 aromatic carbocycles. The minimum atomic E-state index is -0.805.